The number of hydrogen-bond donors (Lipinski definition) is 2. The van der Waals surface area contributed by atoms with Gasteiger partial charge in [-0.05, 0) is 61.5 Å². The summed E-state index contributed by atoms with van der Waals surface area (Å²) in [6.45, 7) is 2.42. The van der Waals surface area contributed by atoms with Crippen LogP contribution in [-0.2, 0) is 11.3 Å². The topological polar surface area (TPSA) is 79.1 Å². The van der Waals surface area contributed by atoms with Crippen LogP contribution in [0.15, 0.2) is 54.7 Å². The van der Waals surface area contributed by atoms with Gasteiger partial charge in [0.25, 0.3) is 0 Å². The molecule has 0 unspecified atom stereocenters. The van der Waals surface area contributed by atoms with Gasteiger partial charge in [0.05, 0.1) is 29.9 Å². The summed E-state index contributed by atoms with van der Waals surface area (Å²) in [5.41, 5.74) is 3.97. The summed E-state index contributed by atoms with van der Waals surface area (Å²) in [6, 6.07) is 16.3. The molecule has 2 aromatic carbocycles. The maximum absolute atomic E-state index is 6.02. The number of nitrogens with one attached hydrogen (secondary N) is 2. The van der Waals surface area contributed by atoms with Crippen LogP contribution in [0.4, 0.5) is 0 Å². The second-order valence-corrected chi connectivity index (χ2v) is 7.39. The van der Waals surface area contributed by atoms with E-state index >= 15 is 0 Å². The summed E-state index contributed by atoms with van der Waals surface area (Å²) in [7, 11) is 2.12. The third-order valence-corrected chi connectivity index (χ3v) is 5.33. The Bertz CT molecular complexity index is 1080. The second-order valence-electron chi connectivity index (χ2n) is 7.39. The summed E-state index contributed by atoms with van der Waals surface area (Å²) in [5, 5.41) is 6.95. The van der Waals surface area contributed by atoms with Crippen molar-refractivity contribution in [2.75, 3.05) is 20.3 Å². The van der Waals surface area contributed by atoms with Crippen LogP contribution in [0.2, 0.25) is 0 Å². The van der Waals surface area contributed by atoms with Crippen LogP contribution >= 0.6 is 0 Å². The third kappa shape index (κ3) is 3.87. The molecule has 0 saturated carbocycles. The first-order valence-corrected chi connectivity index (χ1v) is 9.79. The predicted molar refractivity (Wildman–Crippen MR) is 111 cm³/mol. The number of hydrogen-bond acceptors (Lipinski definition) is 5. The zero-order chi connectivity index (χ0) is 19.6. The highest BCUT2D eigenvalue weighted by molar-refractivity contribution is 5.77. The zero-order valence-electron chi connectivity index (χ0n) is 16.3. The van der Waals surface area contributed by atoms with E-state index in [-0.39, 0.29) is 0 Å². The Morgan fingerprint density at radius 2 is 2.00 bits per heavy atom. The van der Waals surface area contributed by atoms with Gasteiger partial charge in [-0.15, -0.1) is 0 Å². The van der Waals surface area contributed by atoms with Crippen molar-refractivity contribution in [1.82, 2.24) is 25.1 Å². The van der Waals surface area contributed by atoms with Gasteiger partial charge in [-0.3, -0.25) is 10.00 Å². The lowest BCUT2D eigenvalue weighted by Gasteiger charge is -2.21. The van der Waals surface area contributed by atoms with E-state index in [0.717, 1.165) is 65.8 Å². The highest BCUT2D eigenvalue weighted by Gasteiger charge is 2.21. The van der Waals surface area contributed by atoms with E-state index in [1.165, 1.54) is 0 Å². The number of fused-ring (bicyclic) bond motifs is 1. The highest BCUT2D eigenvalue weighted by atomic mass is 16.5. The molecule has 5 rings (SSSR count). The number of likely N-dealkylation sites (N-methyl/N-ethyl adjacent to an activating group) is 1. The summed E-state index contributed by atoms with van der Waals surface area (Å²) < 4.78 is 11.5. The Balaban J connectivity index is 1.29. The van der Waals surface area contributed by atoms with E-state index in [0.29, 0.717) is 6.04 Å². The molecule has 1 atom stereocenters. The lowest BCUT2D eigenvalue weighted by molar-refractivity contribution is 0.155. The van der Waals surface area contributed by atoms with Gasteiger partial charge in [0.1, 0.15) is 17.3 Å². The minimum absolute atomic E-state index is 0.465. The second kappa shape index (κ2) is 7.69. The minimum atomic E-state index is 0.465. The molecule has 2 N–H and O–H groups in total. The van der Waals surface area contributed by atoms with Crippen molar-refractivity contribution in [2.24, 2.45) is 0 Å². The quantitative estimate of drug-likeness (QED) is 0.522. The maximum atomic E-state index is 6.02. The van der Waals surface area contributed by atoms with Gasteiger partial charge in [-0.1, -0.05) is 0 Å². The highest BCUT2D eigenvalue weighted by Crippen LogP contribution is 2.27. The van der Waals surface area contributed by atoms with Crippen LogP contribution in [0.3, 0.4) is 0 Å². The molecule has 1 aliphatic heterocycles. The Labute approximate surface area is 168 Å². The van der Waals surface area contributed by atoms with Crippen molar-refractivity contribution < 1.29 is 9.47 Å². The molecule has 1 fully saturated rings. The van der Waals surface area contributed by atoms with Crippen LogP contribution in [0.1, 0.15) is 12.2 Å². The van der Waals surface area contributed by atoms with Gasteiger partial charge in [-0.25, -0.2) is 4.98 Å². The fourth-order valence-electron chi connectivity index (χ4n) is 3.67. The van der Waals surface area contributed by atoms with E-state index in [1.807, 2.05) is 48.5 Å². The van der Waals surface area contributed by atoms with Crippen molar-refractivity contribution in [3.8, 4) is 22.8 Å². The number of aromatic amines is 2. The maximum Gasteiger partial charge on any atom is 0.129 e. The van der Waals surface area contributed by atoms with Crippen molar-refractivity contribution in [2.45, 2.75) is 19.0 Å². The molecule has 2 aromatic heterocycles. The lowest BCUT2D eigenvalue weighted by atomic mass is 10.1. The molecule has 7 nitrogen and oxygen atoms in total. The van der Waals surface area contributed by atoms with E-state index in [4.69, 9.17) is 14.5 Å². The first-order chi connectivity index (χ1) is 14.2. The molecule has 0 bridgehead atoms. The first-order valence-electron chi connectivity index (χ1n) is 9.79. The van der Waals surface area contributed by atoms with E-state index in [1.54, 1.807) is 6.20 Å². The Hall–Kier alpha value is -3.16. The van der Waals surface area contributed by atoms with Gasteiger partial charge in [-0.2, -0.15) is 5.10 Å². The van der Waals surface area contributed by atoms with Crippen molar-refractivity contribution >= 4 is 11.0 Å². The van der Waals surface area contributed by atoms with Crippen molar-refractivity contribution in [1.29, 1.82) is 0 Å². The Morgan fingerprint density at radius 3 is 2.76 bits per heavy atom. The van der Waals surface area contributed by atoms with Crippen LogP contribution in [0.25, 0.3) is 22.3 Å². The SMILES string of the molecule is CN(Cc1nc2cc(Oc3ccc(-c4ccn[nH]4)cc3)ccc2[nH]1)[C@H]1CCOC1. The van der Waals surface area contributed by atoms with Gasteiger partial charge in [0.2, 0.25) is 0 Å². The standard InChI is InChI=1S/C22H23N5O2/c1-27(16-9-11-28-14-16)13-22-24-20-7-6-18(12-21(20)25-22)29-17-4-2-15(3-5-17)19-8-10-23-26-19/h2-8,10,12,16H,9,11,13-14H2,1H3,(H,23,26)(H,24,25)/t16-/m0/s1. The predicted octanol–water partition coefficient (Wildman–Crippen LogP) is 3.97. The number of H-pyrrole nitrogens is 2. The monoisotopic (exact) mass is 389 g/mol. The molecule has 7 heteroatoms. The Morgan fingerprint density at radius 1 is 1.14 bits per heavy atom. The lowest BCUT2D eigenvalue weighted by Crippen LogP contribution is -2.31. The van der Waals surface area contributed by atoms with E-state index in [9.17, 15) is 0 Å². The fraction of sp³-hybridized carbons (Fsp3) is 0.273. The molecular formula is C22H23N5O2. The summed E-state index contributed by atoms with van der Waals surface area (Å²) in [5.74, 6) is 2.50. The van der Waals surface area contributed by atoms with Gasteiger partial charge in [0, 0.05) is 24.9 Å². The first kappa shape index (κ1) is 17.9. The fourth-order valence-corrected chi connectivity index (χ4v) is 3.67. The van der Waals surface area contributed by atoms with E-state index in [2.05, 4.69) is 27.1 Å². The average molecular weight is 389 g/mol. The number of ether oxygens (including phenoxy) is 2. The van der Waals surface area contributed by atoms with Crippen molar-refractivity contribution in [3.05, 3.63) is 60.6 Å². The number of benzene rings is 2. The minimum Gasteiger partial charge on any atom is -0.457 e. The Kier molecular flexibility index (Phi) is 4.75. The molecule has 3 heterocycles. The number of rotatable bonds is 6. The molecule has 0 radical (unpaired) electrons. The van der Waals surface area contributed by atoms with Gasteiger partial charge in [0.15, 0.2) is 0 Å². The summed E-state index contributed by atoms with van der Waals surface area (Å²) in [6.07, 6.45) is 2.82. The smallest absolute Gasteiger partial charge is 0.129 e. The van der Waals surface area contributed by atoms with Crippen LogP contribution in [-0.4, -0.2) is 51.4 Å². The van der Waals surface area contributed by atoms with Crippen LogP contribution in [0.5, 0.6) is 11.5 Å². The van der Waals surface area contributed by atoms with Crippen molar-refractivity contribution in [3.63, 3.8) is 0 Å². The normalized spacial score (nSPS) is 16.7. The van der Waals surface area contributed by atoms with Gasteiger partial charge >= 0.3 is 0 Å². The molecule has 0 aliphatic carbocycles. The van der Waals surface area contributed by atoms with Crippen LogP contribution < -0.4 is 4.74 Å². The molecule has 1 saturated heterocycles. The zero-order valence-corrected chi connectivity index (χ0v) is 16.3. The molecule has 1 aliphatic rings. The van der Waals surface area contributed by atoms with Crippen LogP contribution in [0, 0.1) is 0 Å². The summed E-state index contributed by atoms with van der Waals surface area (Å²) >= 11 is 0. The molecule has 0 amide bonds. The number of nitrogens with zero attached hydrogens (tertiary/aromatic N) is 3. The largest absolute Gasteiger partial charge is 0.457 e. The van der Waals surface area contributed by atoms with Gasteiger partial charge < -0.3 is 14.5 Å². The average Bonchev–Trinajstić information content (AvgIpc) is 3.49. The molecule has 4 aromatic rings. The van der Waals surface area contributed by atoms with E-state index < -0.39 is 0 Å². The summed E-state index contributed by atoms with van der Waals surface area (Å²) in [4.78, 5) is 10.4. The molecule has 0 spiro atoms. The molecule has 148 valence electrons. The third-order valence-electron chi connectivity index (χ3n) is 5.33. The number of imidazole rings is 1. The number of aromatic nitrogens is 4. The molecule has 29 heavy (non-hydrogen) atoms. The molecular weight excluding hydrogens is 366 g/mol.